The third-order valence-electron chi connectivity index (χ3n) is 5.55. The van der Waals surface area contributed by atoms with Crippen LogP contribution in [0, 0.1) is 0 Å². The second kappa shape index (κ2) is 8.97. The van der Waals surface area contributed by atoms with Crippen molar-refractivity contribution in [1.29, 1.82) is 0 Å². The number of nitrogens with one attached hydrogen (secondary N) is 1. The van der Waals surface area contributed by atoms with Crippen molar-refractivity contribution in [2.75, 3.05) is 19.6 Å². The van der Waals surface area contributed by atoms with E-state index < -0.39 is 0 Å². The lowest BCUT2D eigenvalue weighted by molar-refractivity contribution is -0.121. The molecule has 0 saturated heterocycles. The maximum absolute atomic E-state index is 12.9. The number of carbonyl (C=O) groups excluding carboxylic acids is 1. The molecule has 2 aromatic heterocycles. The van der Waals surface area contributed by atoms with Crippen molar-refractivity contribution in [3.63, 3.8) is 0 Å². The van der Waals surface area contributed by atoms with Crippen molar-refractivity contribution in [2.45, 2.75) is 65.5 Å². The van der Waals surface area contributed by atoms with E-state index in [2.05, 4.69) is 36.0 Å². The van der Waals surface area contributed by atoms with Gasteiger partial charge in [-0.1, -0.05) is 13.8 Å². The minimum Gasteiger partial charge on any atom is -0.354 e. The van der Waals surface area contributed by atoms with Crippen LogP contribution in [0.15, 0.2) is 11.1 Å². The maximum atomic E-state index is 12.9. The number of hydrogen-bond donors (Lipinski definition) is 1. The van der Waals surface area contributed by atoms with Crippen LogP contribution in [0.4, 0.5) is 0 Å². The molecule has 0 bridgehead atoms. The molecular weight excluding hydrogens is 360 g/mol. The first-order chi connectivity index (χ1) is 13.0. The Bertz CT molecular complexity index is 854. The number of carbonyl (C=O) groups is 1. The van der Waals surface area contributed by atoms with Crippen LogP contribution < -0.4 is 10.9 Å². The SMILES string of the molecule is CCN(CC)C(C)CNC(=O)CCn1cnc2sc3c(c2c1=O)CCCC3. The first-order valence-electron chi connectivity index (χ1n) is 10.1. The van der Waals surface area contributed by atoms with E-state index in [0.717, 1.165) is 42.6 Å². The number of aromatic nitrogens is 2. The Hall–Kier alpha value is -1.73. The molecule has 7 heteroatoms. The lowest BCUT2D eigenvalue weighted by atomic mass is 9.97. The average molecular weight is 391 g/mol. The Balaban J connectivity index is 1.63. The summed E-state index contributed by atoms with van der Waals surface area (Å²) in [5.41, 5.74) is 1.20. The Kier molecular flexibility index (Phi) is 6.65. The summed E-state index contributed by atoms with van der Waals surface area (Å²) in [5.74, 6) is -0.0200. The van der Waals surface area contributed by atoms with Gasteiger partial charge < -0.3 is 5.32 Å². The van der Waals surface area contributed by atoms with Crippen LogP contribution in [0.2, 0.25) is 0 Å². The van der Waals surface area contributed by atoms with Gasteiger partial charge in [-0.3, -0.25) is 19.1 Å². The van der Waals surface area contributed by atoms with Gasteiger partial charge >= 0.3 is 0 Å². The molecule has 1 aliphatic carbocycles. The summed E-state index contributed by atoms with van der Waals surface area (Å²) >= 11 is 1.66. The minimum atomic E-state index is -0.0200. The van der Waals surface area contributed by atoms with E-state index in [0.29, 0.717) is 25.6 Å². The maximum Gasteiger partial charge on any atom is 0.262 e. The van der Waals surface area contributed by atoms with Gasteiger partial charge in [0, 0.05) is 30.4 Å². The Labute approximate surface area is 164 Å². The molecule has 0 fully saturated rings. The molecule has 1 N–H and O–H groups in total. The fourth-order valence-corrected chi connectivity index (χ4v) is 5.11. The van der Waals surface area contributed by atoms with Crippen LogP contribution in [0.3, 0.4) is 0 Å². The van der Waals surface area contributed by atoms with Gasteiger partial charge in [-0.25, -0.2) is 4.98 Å². The smallest absolute Gasteiger partial charge is 0.262 e. The molecular formula is C20H30N4O2S. The second-order valence-corrected chi connectivity index (χ2v) is 8.34. The molecule has 0 radical (unpaired) electrons. The molecule has 0 spiro atoms. The Morgan fingerprint density at radius 1 is 1.33 bits per heavy atom. The average Bonchev–Trinajstić information content (AvgIpc) is 3.06. The third-order valence-corrected chi connectivity index (χ3v) is 6.75. The highest BCUT2D eigenvalue weighted by Gasteiger charge is 2.20. The van der Waals surface area contributed by atoms with E-state index >= 15 is 0 Å². The van der Waals surface area contributed by atoms with Gasteiger partial charge in [0.1, 0.15) is 4.83 Å². The normalized spacial score (nSPS) is 15.1. The number of aryl methyl sites for hydroxylation is 3. The van der Waals surface area contributed by atoms with E-state index in [1.165, 1.54) is 16.9 Å². The molecule has 6 nitrogen and oxygen atoms in total. The third kappa shape index (κ3) is 4.41. The van der Waals surface area contributed by atoms with Gasteiger partial charge in [0.2, 0.25) is 5.91 Å². The van der Waals surface area contributed by atoms with Crippen molar-refractivity contribution < 1.29 is 4.79 Å². The van der Waals surface area contributed by atoms with Gasteiger partial charge in [-0.2, -0.15) is 0 Å². The summed E-state index contributed by atoms with van der Waals surface area (Å²) in [6, 6.07) is 0.307. The van der Waals surface area contributed by atoms with E-state index in [-0.39, 0.29) is 11.5 Å². The van der Waals surface area contributed by atoms with Gasteiger partial charge in [-0.15, -0.1) is 11.3 Å². The zero-order chi connectivity index (χ0) is 19.4. The van der Waals surface area contributed by atoms with E-state index in [4.69, 9.17) is 0 Å². The van der Waals surface area contributed by atoms with Crippen molar-refractivity contribution in [2.24, 2.45) is 0 Å². The monoisotopic (exact) mass is 390 g/mol. The molecule has 0 saturated carbocycles. The molecule has 0 aliphatic heterocycles. The largest absolute Gasteiger partial charge is 0.354 e. The van der Waals surface area contributed by atoms with Crippen molar-refractivity contribution in [3.05, 3.63) is 27.1 Å². The summed E-state index contributed by atoms with van der Waals surface area (Å²) in [4.78, 5) is 34.1. The van der Waals surface area contributed by atoms with Gasteiger partial charge in [-0.05, 0) is 51.3 Å². The van der Waals surface area contributed by atoms with E-state index in [9.17, 15) is 9.59 Å². The summed E-state index contributed by atoms with van der Waals surface area (Å²) in [6.45, 7) is 9.32. The molecule has 3 rings (SSSR count). The topological polar surface area (TPSA) is 67.2 Å². The van der Waals surface area contributed by atoms with Gasteiger partial charge in [0.15, 0.2) is 0 Å². The number of hydrogen-bond acceptors (Lipinski definition) is 5. The molecule has 2 aromatic rings. The highest BCUT2D eigenvalue weighted by molar-refractivity contribution is 7.18. The molecule has 148 valence electrons. The van der Waals surface area contributed by atoms with Crippen molar-refractivity contribution in [1.82, 2.24) is 19.8 Å². The predicted octanol–water partition coefficient (Wildman–Crippen LogP) is 2.57. The number of amides is 1. The summed E-state index contributed by atoms with van der Waals surface area (Å²) < 4.78 is 1.59. The molecule has 1 unspecified atom stereocenters. The zero-order valence-corrected chi connectivity index (χ0v) is 17.4. The van der Waals surface area contributed by atoms with Crippen LogP contribution in [-0.2, 0) is 24.2 Å². The second-order valence-electron chi connectivity index (χ2n) is 7.26. The fourth-order valence-electron chi connectivity index (χ4n) is 3.89. The number of fused-ring (bicyclic) bond motifs is 3. The standard InChI is InChI=1S/C20H30N4O2S/c1-4-23(5-2)14(3)12-21-17(25)10-11-24-13-22-19-18(20(24)26)15-8-6-7-9-16(15)27-19/h13-14H,4-12H2,1-3H3,(H,21,25). The number of likely N-dealkylation sites (N-methyl/N-ethyl adjacent to an activating group) is 1. The van der Waals surface area contributed by atoms with Crippen LogP contribution in [0.5, 0.6) is 0 Å². The molecule has 0 aromatic carbocycles. The first-order valence-corrected chi connectivity index (χ1v) is 10.9. The fraction of sp³-hybridized carbons (Fsp3) is 0.650. The predicted molar refractivity (Wildman–Crippen MR) is 111 cm³/mol. The molecule has 1 amide bonds. The first kappa shape index (κ1) is 20.0. The molecule has 27 heavy (non-hydrogen) atoms. The highest BCUT2D eigenvalue weighted by atomic mass is 32.1. The van der Waals surface area contributed by atoms with Crippen LogP contribution in [-0.4, -0.2) is 46.0 Å². The van der Waals surface area contributed by atoms with Crippen LogP contribution in [0.25, 0.3) is 10.2 Å². The van der Waals surface area contributed by atoms with Crippen LogP contribution in [0.1, 0.15) is 50.5 Å². The van der Waals surface area contributed by atoms with Crippen molar-refractivity contribution >= 4 is 27.5 Å². The Morgan fingerprint density at radius 2 is 2.07 bits per heavy atom. The summed E-state index contributed by atoms with van der Waals surface area (Å²) in [7, 11) is 0. The van der Waals surface area contributed by atoms with Crippen molar-refractivity contribution in [3.8, 4) is 0 Å². The highest BCUT2D eigenvalue weighted by Crippen LogP contribution is 2.33. The van der Waals surface area contributed by atoms with E-state index in [1.54, 1.807) is 22.2 Å². The summed E-state index contributed by atoms with van der Waals surface area (Å²) in [5, 5.41) is 3.77. The van der Waals surface area contributed by atoms with E-state index in [1.807, 2.05) is 0 Å². The number of nitrogens with zero attached hydrogens (tertiary/aromatic N) is 3. The quantitative estimate of drug-likeness (QED) is 0.752. The molecule has 1 atom stereocenters. The molecule has 2 heterocycles. The number of thiophene rings is 1. The lowest BCUT2D eigenvalue weighted by Crippen LogP contribution is -2.42. The lowest BCUT2D eigenvalue weighted by Gasteiger charge is -2.26. The number of rotatable bonds is 8. The van der Waals surface area contributed by atoms with Crippen LogP contribution >= 0.6 is 11.3 Å². The molecule has 1 aliphatic rings. The zero-order valence-electron chi connectivity index (χ0n) is 16.6. The van der Waals surface area contributed by atoms with Gasteiger partial charge in [0.05, 0.1) is 11.7 Å². The van der Waals surface area contributed by atoms with Gasteiger partial charge in [0.25, 0.3) is 5.56 Å². The minimum absolute atomic E-state index is 0.00343. The Morgan fingerprint density at radius 3 is 2.81 bits per heavy atom. The summed E-state index contributed by atoms with van der Waals surface area (Å²) in [6.07, 6.45) is 6.26.